The third kappa shape index (κ3) is 4.36. The van der Waals surface area contributed by atoms with Crippen LogP contribution in [0, 0.1) is 0 Å². The van der Waals surface area contributed by atoms with E-state index >= 15 is 0 Å². The van der Waals surface area contributed by atoms with Crippen LogP contribution in [0.4, 0.5) is 0 Å². The van der Waals surface area contributed by atoms with E-state index in [1.54, 1.807) is 0 Å². The first-order valence-corrected chi connectivity index (χ1v) is 10.8. The Bertz CT molecular complexity index is 636. The van der Waals surface area contributed by atoms with Crippen LogP contribution in [0.5, 0.6) is 0 Å². The number of likely N-dealkylation sites (tertiary alicyclic amines) is 1. The van der Waals surface area contributed by atoms with Gasteiger partial charge in [0.15, 0.2) is 0 Å². The molecule has 1 saturated heterocycles. The molecular weight excluding hydrogens is 388 g/mol. The van der Waals surface area contributed by atoms with Gasteiger partial charge in [0.25, 0.3) is 0 Å². The summed E-state index contributed by atoms with van der Waals surface area (Å²) >= 11 is 2.94. The van der Waals surface area contributed by atoms with Crippen LogP contribution in [-0.4, -0.2) is 35.8 Å². The van der Waals surface area contributed by atoms with Crippen molar-refractivity contribution in [1.82, 2.24) is 4.90 Å². The summed E-state index contributed by atoms with van der Waals surface area (Å²) in [5.41, 5.74) is 7.19. The number of primary amides is 1. The van der Waals surface area contributed by atoms with Crippen LogP contribution in [0.2, 0.25) is 0 Å². The first-order chi connectivity index (χ1) is 12.6. The predicted molar refractivity (Wildman–Crippen MR) is 113 cm³/mol. The summed E-state index contributed by atoms with van der Waals surface area (Å²) in [5, 5.41) is 0. The average molecular weight is 417 g/mol. The normalized spacial score (nSPS) is 17.4. The maximum Gasteiger partial charge on any atom is 0.232 e. The maximum atomic E-state index is 12.7. The summed E-state index contributed by atoms with van der Waals surface area (Å²) in [5.74, 6) is 1.54. The first-order valence-electron chi connectivity index (χ1n) is 9.17. The van der Waals surface area contributed by atoms with Gasteiger partial charge in [-0.3, -0.25) is 4.79 Å². The molecule has 0 spiro atoms. The van der Waals surface area contributed by atoms with Crippen LogP contribution >= 0.6 is 15.9 Å². The van der Waals surface area contributed by atoms with Crippen molar-refractivity contribution < 1.29 is 4.79 Å². The second-order valence-electron chi connectivity index (χ2n) is 6.78. The van der Waals surface area contributed by atoms with Crippen molar-refractivity contribution in [3.05, 3.63) is 71.8 Å². The summed E-state index contributed by atoms with van der Waals surface area (Å²) in [6.45, 7) is 4.26. The van der Waals surface area contributed by atoms with Crippen molar-refractivity contribution >= 4 is 21.8 Å². The lowest BCUT2D eigenvalue weighted by molar-refractivity contribution is -0.122. The molecule has 1 aliphatic rings. The van der Waals surface area contributed by atoms with Gasteiger partial charge in [0.2, 0.25) is 5.91 Å². The predicted octanol–water partition coefficient (Wildman–Crippen LogP) is 4.34. The lowest BCUT2D eigenvalue weighted by Gasteiger charge is -2.34. The second-order valence-corrected chi connectivity index (χ2v) is 6.78. The SMILES string of the molecule is CBr.CC1CCCN1CCC(C(N)=O)(c1ccccc1)c1ccccc1. The molecule has 3 nitrogen and oxygen atoms in total. The van der Waals surface area contributed by atoms with Gasteiger partial charge in [-0.15, -0.1) is 0 Å². The Morgan fingerprint density at radius 3 is 1.96 bits per heavy atom. The number of nitrogens with zero attached hydrogens (tertiary/aromatic N) is 1. The molecule has 1 fully saturated rings. The summed E-state index contributed by atoms with van der Waals surface area (Å²) in [4.78, 5) is 15.2. The van der Waals surface area contributed by atoms with Gasteiger partial charge in [-0.2, -0.15) is 0 Å². The molecule has 0 bridgehead atoms. The zero-order chi connectivity index (χ0) is 19.0. The Morgan fingerprint density at radius 2 is 1.58 bits per heavy atom. The molecule has 26 heavy (non-hydrogen) atoms. The Morgan fingerprint density at radius 1 is 1.08 bits per heavy atom. The highest BCUT2D eigenvalue weighted by atomic mass is 79.9. The fourth-order valence-electron chi connectivity index (χ4n) is 3.94. The molecule has 0 radical (unpaired) electrons. The van der Waals surface area contributed by atoms with E-state index in [4.69, 9.17) is 5.73 Å². The highest BCUT2D eigenvalue weighted by Crippen LogP contribution is 2.36. The van der Waals surface area contributed by atoms with Crippen LogP contribution in [0.25, 0.3) is 0 Å². The average Bonchev–Trinajstić information content (AvgIpc) is 3.10. The largest absolute Gasteiger partial charge is 0.369 e. The van der Waals surface area contributed by atoms with Crippen molar-refractivity contribution in [2.24, 2.45) is 5.73 Å². The van der Waals surface area contributed by atoms with Gasteiger partial charge in [0.05, 0.1) is 5.41 Å². The quantitative estimate of drug-likeness (QED) is 0.711. The third-order valence-electron chi connectivity index (χ3n) is 5.42. The van der Waals surface area contributed by atoms with Crippen molar-refractivity contribution in [1.29, 1.82) is 0 Å². The Labute approximate surface area is 165 Å². The molecule has 0 aliphatic carbocycles. The first kappa shape index (κ1) is 20.7. The topological polar surface area (TPSA) is 46.3 Å². The van der Waals surface area contributed by atoms with Crippen LogP contribution in [-0.2, 0) is 10.2 Å². The molecule has 0 saturated carbocycles. The van der Waals surface area contributed by atoms with Gasteiger partial charge in [-0.05, 0) is 49.7 Å². The molecule has 4 heteroatoms. The number of alkyl halides is 1. The van der Waals surface area contributed by atoms with Gasteiger partial charge < -0.3 is 10.6 Å². The molecule has 1 amide bonds. The number of carbonyl (C=O) groups is 1. The molecular formula is C22H29BrN2O. The Hall–Kier alpha value is -1.65. The lowest BCUT2D eigenvalue weighted by Crippen LogP contribution is -2.45. The number of hydrogen-bond donors (Lipinski definition) is 1. The van der Waals surface area contributed by atoms with E-state index < -0.39 is 5.41 Å². The van der Waals surface area contributed by atoms with Crippen molar-refractivity contribution in [2.45, 2.75) is 37.6 Å². The van der Waals surface area contributed by atoms with E-state index in [1.165, 1.54) is 12.8 Å². The zero-order valence-corrected chi connectivity index (χ0v) is 17.3. The summed E-state index contributed by atoms with van der Waals surface area (Å²) in [6, 6.07) is 20.5. The standard InChI is InChI=1S/C21H26N2O.CH3Br/c1-17-9-8-15-23(17)16-14-21(20(22)24,18-10-4-2-5-11-18)19-12-6-3-7-13-19;1-2/h2-7,10-13,17H,8-9,14-16H2,1H3,(H2,22,24);1H3. The van der Waals surface area contributed by atoms with Crippen LogP contribution < -0.4 is 5.73 Å². The summed E-state index contributed by atoms with van der Waals surface area (Å²) < 4.78 is 0. The Balaban J connectivity index is 0.00000117. The molecule has 2 aromatic rings. The van der Waals surface area contributed by atoms with E-state index in [1.807, 2.05) is 66.5 Å². The van der Waals surface area contributed by atoms with Crippen molar-refractivity contribution in [3.63, 3.8) is 0 Å². The maximum absolute atomic E-state index is 12.7. The van der Waals surface area contributed by atoms with Gasteiger partial charge >= 0.3 is 0 Å². The molecule has 3 rings (SSSR count). The fourth-order valence-corrected chi connectivity index (χ4v) is 3.94. The molecule has 0 aromatic heterocycles. The van der Waals surface area contributed by atoms with E-state index in [-0.39, 0.29) is 5.91 Å². The summed E-state index contributed by atoms with van der Waals surface area (Å²) in [7, 11) is 0. The number of nitrogens with two attached hydrogens (primary N) is 1. The second kappa shape index (κ2) is 9.89. The Kier molecular flexibility index (Phi) is 7.85. The highest BCUT2D eigenvalue weighted by Gasteiger charge is 2.40. The third-order valence-corrected chi connectivity index (χ3v) is 5.42. The minimum atomic E-state index is -0.773. The molecule has 2 aromatic carbocycles. The van der Waals surface area contributed by atoms with Crippen LogP contribution in [0.3, 0.4) is 0 Å². The fraction of sp³-hybridized carbons (Fsp3) is 0.409. The molecule has 2 N–H and O–H groups in total. The van der Waals surface area contributed by atoms with E-state index in [0.29, 0.717) is 12.5 Å². The van der Waals surface area contributed by atoms with Gasteiger partial charge in [-0.1, -0.05) is 76.6 Å². The van der Waals surface area contributed by atoms with E-state index in [2.05, 4.69) is 27.8 Å². The van der Waals surface area contributed by atoms with Crippen LogP contribution in [0.15, 0.2) is 60.7 Å². The molecule has 1 unspecified atom stereocenters. The van der Waals surface area contributed by atoms with E-state index in [9.17, 15) is 4.79 Å². The zero-order valence-electron chi connectivity index (χ0n) is 15.7. The minimum absolute atomic E-state index is 0.272. The van der Waals surface area contributed by atoms with Gasteiger partial charge in [0, 0.05) is 12.6 Å². The molecule has 140 valence electrons. The van der Waals surface area contributed by atoms with Gasteiger partial charge in [0.1, 0.15) is 0 Å². The summed E-state index contributed by atoms with van der Waals surface area (Å²) in [6.07, 6.45) is 3.18. The van der Waals surface area contributed by atoms with Crippen molar-refractivity contribution in [2.75, 3.05) is 18.9 Å². The molecule has 1 aliphatic heterocycles. The number of rotatable bonds is 6. The number of halogens is 1. The van der Waals surface area contributed by atoms with Crippen molar-refractivity contribution in [3.8, 4) is 0 Å². The van der Waals surface area contributed by atoms with Gasteiger partial charge in [-0.25, -0.2) is 0 Å². The highest BCUT2D eigenvalue weighted by molar-refractivity contribution is 9.08. The number of hydrogen-bond acceptors (Lipinski definition) is 2. The number of amides is 1. The minimum Gasteiger partial charge on any atom is -0.369 e. The van der Waals surface area contributed by atoms with E-state index in [0.717, 1.165) is 24.2 Å². The lowest BCUT2D eigenvalue weighted by atomic mass is 9.71. The molecule has 1 atom stereocenters. The smallest absolute Gasteiger partial charge is 0.232 e. The monoisotopic (exact) mass is 416 g/mol. The molecule has 1 heterocycles. The van der Waals surface area contributed by atoms with Crippen LogP contribution in [0.1, 0.15) is 37.3 Å². The number of carbonyl (C=O) groups excluding carboxylic acids is 1. The number of benzene rings is 2.